The smallest absolute Gasteiger partial charge is 0.250 e. The zero-order chi connectivity index (χ0) is 14.7. The molecule has 3 aromatic rings. The molecule has 2 N–H and O–H groups in total. The first-order valence-electron chi connectivity index (χ1n) is 6.53. The Kier molecular flexibility index (Phi) is 3.43. The standard InChI is InChI=1S/C17H14N2O2/c18-17(20)13-10-11-19(12-13)14-6-8-16(9-7-14)21-15-4-2-1-3-5-15/h1-12H,(H2,18,20). The SMILES string of the molecule is NC(=O)c1ccn(-c2ccc(Oc3ccccc3)cc2)c1. The molecule has 1 heterocycles. The molecule has 0 aliphatic rings. The Bertz CT molecular complexity index is 746. The van der Waals surface area contributed by atoms with Crippen LogP contribution in [0.25, 0.3) is 5.69 Å². The molecule has 1 amide bonds. The molecule has 0 radical (unpaired) electrons. The topological polar surface area (TPSA) is 57.2 Å². The zero-order valence-corrected chi connectivity index (χ0v) is 11.3. The highest BCUT2D eigenvalue weighted by Crippen LogP contribution is 2.22. The molecule has 0 saturated heterocycles. The van der Waals surface area contributed by atoms with Crippen LogP contribution in [0.15, 0.2) is 73.1 Å². The van der Waals surface area contributed by atoms with Crippen molar-refractivity contribution in [1.82, 2.24) is 4.57 Å². The zero-order valence-electron chi connectivity index (χ0n) is 11.3. The monoisotopic (exact) mass is 278 g/mol. The molecular formula is C17H14N2O2. The molecule has 4 heteroatoms. The number of amides is 1. The van der Waals surface area contributed by atoms with Gasteiger partial charge in [-0.3, -0.25) is 4.79 Å². The Morgan fingerprint density at radius 3 is 2.19 bits per heavy atom. The summed E-state index contributed by atoms with van der Waals surface area (Å²) in [6, 6.07) is 18.9. The molecular weight excluding hydrogens is 264 g/mol. The number of aromatic nitrogens is 1. The van der Waals surface area contributed by atoms with Crippen molar-refractivity contribution >= 4 is 5.91 Å². The summed E-state index contributed by atoms with van der Waals surface area (Å²) in [5.74, 6) is 1.12. The first kappa shape index (κ1) is 13.0. The van der Waals surface area contributed by atoms with Crippen LogP contribution in [0.2, 0.25) is 0 Å². The summed E-state index contributed by atoms with van der Waals surface area (Å²) in [5, 5.41) is 0. The average Bonchev–Trinajstić information content (AvgIpc) is 2.99. The van der Waals surface area contributed by atoms with Crippen LogP contribution in [0.5, 0.6) is 11.5 Å². The van der Waals surface area contributed by atoms with E-state index in [2.05, 4.69) is 0 Å². The van der Waals surface area contributed by atoms with Crippen molar-refractivity contribution in [3.05, 3.63) is 78.6 Å². The first-order valence-corrected chi connectivity index (χ1v) is 6.53. The first-order chi connectivity index (χ1) is 10.2. The minimum atomic E-state index is -0.433. The van der Waals surface area contributed by atoms with E-state index < -0.39 is 5.91 Å². The van der Waals surface area contributed by atoms with Gasteiger partial charge < -0.3 is 15.0 Å². The lowest BCUT2D eigenvalue weighted by atomic mass is 10.3. The van der Waals surface area contributed by atoms with Crippen LogP contribution >= 0.6 is 0 Å². The van der Waals surface area contributed by atoms with Crippen molar-refractivity contribution in [2.75, 3.05) is 0 Å². The van der Waals surface area contributed by atoms with E-state index >= 15 is 0 Å². The Morgan fingerprint density at radius 2 is 1.57 bits per heavy atom. The fourth-order valence-corrected chi connectivity index (χ4v) is 2.01. The third kappa shape index (κ3) is 2.95. The van der Waals surface area contributed by atoms with E-state index in [1.807, 2.05) is 59.2 Å². The van der Waals surface area contributed by atoms with Crippen LogP contribution in [0.4, 0.5) is 0 Å². The van der Waals surface area contributed by atoms with Gasteiger partial charge in [-0.15, -0.1) is 0 Å². The summed E-state index contributed by atoms with van der Waals surface area (Å²) < 4.78 is 7.57. The molecule has 3 rings (SSSR count). The average molecular weight is 278 g/mol. The minimum Gasteiger partial charge on any atom is -0.457 e. The number of ether oxygens (including phenoxy) is 1. The van der Waals surface area contributed by atoms with E-state index in [0.29, 0.717) is 5.56 Å². The maximum atomic E-state index is 11.1. The second-order valence-corrected chi connectivity index (χ2v) is 4.58. The van der Waals surface area contributed by atoms with Gasteiger partial charge in [0.2, 0.25) is 5.91 Å². The Morgan fingerprint density at radius 1 is 0.905 bits per heavy atom. The van der Waals surface area contributed by atoms with E-state index in [0.717, 1.165) is 17.2 Å². The van der Waals surface area contributed by atoms with Crippen LogP contribution < -0.4 is 10.5 Å². The van der Waals surface area contributed by atoms with Crippen molar-refractivity contribution < 1.29 is 9.53 Å². The van der Waals surface area contributed by atoms with Crippen LogP contribution in [0.3, 0.4) is 0 Å². The van der Waals surface area contributed by atoms with E-state index in [-0.39, 0.29) is 0 Å². The summed E-state index contributed by atoms with van der Waals surface area (Å²) in [6.07, 6.45) is 3.50. The molecule has 0 spiro atoms. The Labute approximate surface area is 122 Å². The van der Waals surface area contributed by atoms with E-state index in [1.165, 1.54) is 0 Å². The van der Waals surface area contributed by atoms with E-state index in [9.17, 15) is 4.79 Å². The van der Waals surface area contributed by atoms with Gasteiger partial charge in [-0.2, -0.15) is 0 Å². The van der Waals surface area contributed by atoms with Crippen molar-refractivity contribution in [1.29, 1.82) is 0 Å². The van der Waals surface area contributed by atoms with Gasteiger partial charge in [0.05, 0.1) is 5.56 Å². The molecule has 2 aromatic carbocycles. The lowest BCUT2D eigenvalue weighted by Gasteiger charge is -2.07. The molecule has 0 atom stereocenters. The molecule has 1 aromatic heterocycles. The molecule has 0 unspecified atom stereocenters. The van der Waals surface area contributed by atoms with Crippen molar-refractivity contribution in [3.63, 3.8) is 0 Å². The van der Waals surface area contributed by atoms with E-state index in [1.54, 1.807) is 18.5 Å². The number of hydrogen-bond acceptors (Lipinski definition) is 2. The maximum Gasteiger partial charge on any atom is 0.250 e. The lowest BCUT2D eigenvalue weighted by molar-refractivity contribution is 0.100. The van der Waals surface area contributed by atoms with E-state index in [4.69, 9.17) is 10.5 Å². The number of benzene rings is 2. The number of carbonyl (C=O) groups excluding carboxylic acids is 1. The van der Waals surface area contributed by atoms with Crippen LogP contribution in [-0.4, -0.2) is 10.5 Å². The summed E-state index contributed by atoms with van der Waals surface area (Å²) in [7, 11) is 0. The highest BCUT2D eigenvalue weighted by atomic mass is 16.5. The third-order valence-corrected chi connectivity index (χ3v) is 3.09. The summed E-state index contributed by atoms with van der Waals surface area (Å²) >= 11 is 0. The van der Waals surface area contributed by atoms with Crippen LogP contribution in [0.1, 0.15) is 10.4 Å². The van der Waals surface area contributed by atoms with Crippen molar-refractivity contribution in [3.8, 4) is 17.2 Å². The van der Waals surface area contributed by atoms with Crippen molar-refractivity contribution in [2.24, 2.45) is 5.73 Å². The van der Waals surface area contributed by atoms with Gasteiger partial charge in [-0.1, -0.05) is 18.2 Å². The molecule has 21 heavy (non-hydrogen) atoms. The molecule has 104 valence electrons. The predicted octanol–water partition coefficient (Wildman–Crippen LogP) is 3.37. The summed E-state index contributed by atoms with van der Waals surface area (Å²) in [6.45, 7) is 0. The van der Waals surface area contributed by atoms with Gasteiger partial charge >= 0.3 is 0 Å². The number of para-hydroxylation sites is 1. The highest BCUT2D eigenvalue weighted by molar-refractivity contribution is 5.92. The molecule has 0 bridgehead atoms. The predicted molar refractivity (Wildman–Crippen MR) is 80.8 cm³/mol. The largest absolute Gasteiger partial charge is 0.457 e. The second-order valence-electron chi connectivity index (χ2n) is 4.58. The maximum absolute atomic E-state index is 11.1. The fourth-order valence-electron chi connectivity index (χ4n) is 2.01. The molecule has 0 saturated carbocycles. The molecule has 0 aliphatic heterocycles. The molecule has 4 nitrogen and oxygen atoms in total. The molecule has 0 fully saturated rings. The number of carbonyl (C=O) groups is 1. The number of nitrogens with zero attached hydrogens (tertiary/aromatic N) is 1. The van der Waals surface area contributed by atoms with Crippen LogP contribution in [-0.2, 0) is 0 Å². The minimum absolute atomic E-state index is 0.433. The summed E-state index contributed by atoms with van der Waals surface area (Å²) in [4.78, 5) is 11.1. The highest BCUT2D eigenvalue weighted by Gasteiger charge is 2.04. The van der Waals surface area contributed by atoms with Gasteiger partial charge in [0, 0.05) is 18.1 Å². The van der Waals surface area contributed by atoms with Crippen molar-refractivity contribution in [2.45, 2.75) is 0 Å². The third-order valence-electron chi connectivity index (χ3n) is 3.09. The van der Waals surface area contributed by atoms with Gasteiger partial charge in [0.1, 0.15) is 11.5 Å². The number of rotatable bonds is 4. The Hall–Kier alpha value is -3.01. The number of hydrogen-bond donors (Lipinski definition) is 1. The van der Waals surface area contributed by atoms with Gasteiger partial charge in [-0.25, -0.2) is 0 Å². The van der Waals surface area contributed by atoms with Crippen LogP contribution in [0, 0.1) is 0 Å². The quantitative estimate of drug-likeness (QED) is 0.795. The molecule has 0 aliphatic carbocycles. The number of nitrogens with two attached hydrogens (primary N) is 1. The second kappa shape index (κ2) is 5.54. The van der Waals surface area contributed by atoms with Gasteiger partial charge in [-0.05, 0) is 42.5 Å². The normalized spacial score (nSPS) is 10.3. The summed E-state index contributed by atoms with van der Waals surface area (Å²) in [5.41, 5.74) is 6.66. The van der Waals surface area contributed by atoms with Gasteiger partial charge in [0.25, 0.3) is 0 Å². The lowest BCUT2D eigenvalue weighted by Crippen LogP contribution is -2.09. The van der Waals surface area contributed by atoms with Gasteiger partial charge in [0.15, 0.2) is 0 Å². The fraction of sp³-hybridized carbons (Fsp3) is 0. The number of primary amides is 1. The Balaban J connectivity index is 1.78.